The Balaban J connectivity index is 2.17. The van der Waals surface area contributed by atoms with Crippen molar-refractivity contribution >= 4 is 11.6 Å². The molecule has 0 radical (unpaired) electrons. The van der Waals surface area contributed by atoms with Crippen LogP contribution in [-0.4, -0.2) is 25.0 Å². The van der Waals surface area contributed by atoms with Crippen LogP contribution in [0.1, 0.15) is 44.7 Å². The van der Waals surface area contributed by atoms with Crippen molar-refractivity contribution in [2.75, 3.05) is 18.0 Å². The van der Waals surface area contributed by atoms with E-state index in [1.165, 1.54) is 11.1 Å². The third-order valence-electron chi connectivity index (χ3n) is 4.11. The highest BCUT2D eigenvalue weighted by Crippen LogP contribution is 2.28. The SMILES string of the molecule is CCNC(CC)Cc1ccc2c(c1)CCCN2C(C)=O. The summed E-state index contributed by atoms with van der Waals surface area (Å²) < 4.78 is 0. The van der Waals surface area contributed by atoms with Crippen molar-refractivity contribution in [1.82, 2.24) is 5.32 Å². The van der Waals surface area contributed by atoms with Crippen molar-refractivity contribution in [2.45, 2.75) is 52.5 Å². The number of rotatable bonds is 5. The van der Waals surface area contributed by atoms with Crippen LogP contribution in [0.15, 0.2) is 18.2 Å². The van der Waals surface area contributed by atoms with Crippen LogP contribution in [0.3, 0.4) is 0 Å². The first kappa shape index (κ1) is 15.0. The number of carbonyl (C=O) groups is 1. The van der Waals surface area contributed by atoms with E-state index in [1.54, 1.807) is 6.92 Å². The van der Waals surface area contributed by atoms with Crippen LogP contribution in [-0.2, 0) is 17.6 Å². The van der Waals surface area contributed by atoms with Crippen molar-refractivity contribution < 1.29 is 4.79 Å². The molecule has 1 aromatic rings. The molecule has 1 heterocycles. The largest absolute Gasteiger partial charge is 0.314 e. The maximum Gasteiger partial charge on any atom is 0.223 e. The van der Waals surface area contributed by atoms with Crippen molar-refractivity contribution in [3.63, 3.8) is 0 Å². The number of benzene rings is 1. The second-order valence-electron chi connectivity index (χ2n) is 5.60. The lowest BCUT2D eigenvalue weighted by Gasteiger charge is -2.29. The van der Waals surface area contributed by atoms with Gasteiger partial charge in [0.2, 0.25) is 5.91 Å². The van der Waals surface area contributed by atoms with Crippen LogP contribution in [0, 0.1) is 0 Å². The van der Waals surface area contributed by atoms with Crippen LogP contribution in [0.25, 0.3) is 0 Å². The Hall–Kier alpha value is -1.35. The van der Waals surface area contributed by atoms with Crippen LogP contribution >= 0.6 is 0 Å². The van der Waals surface area contributed by atoms with Gasteiger partial charge in [0.05, 0.1) is 0 Å². The molecule has 0 bridgehead atoms. The van der Waals surface area contributed by atoms with Gasteiger partial charge in [0.1, 0.15) is 0 Å². The number of carbonyl (C=O) groups excluding carboxylic acids is 1. The van der Waals surface area contributed by atoms with Crippen molar-refractivity contribution in [2.24, 2.45) is 0 Å². The van der Waals surface area contributed by atoms with Crippen LogP contribution < -0.4 is 10.2 Å². The van der Waals surface area contributed by atoms with E-state index >= 15 is 0 Å². The molecule has 2 rings (SSSR count). The first-order valence-electron chi connectivity index (χ1n) is 7.79. The van der Waals surface area contributed by atoms with E-state index in [0.29, 0.717) is 6.04 Å². The number of fused-ring (bicyclic) bond motifs is 1. The Bertz CT molecular complexity index is 470. The lowest BCUT2D eigenvalue weighted by atomic mass is 9.96. The maximum atomic E-state index is 11.7. The zero-order valence-corrected chi connectivity index (χ0v) is 12.9. The minimum atomic E-state index is 0.151. The summed E-state index contributed by atoms with van der Waals surface area (Å²) >= 11 is 0. The second kappa shape index (κ2) is 6.89. The molecule has 3 heteroatoms. The average Bonchev–Trinajstić information content (AvgIpc) is 2.45. The average molecular weight is 274 g/mol. The van der Waals surface area contributed by atoms with Crippen LogP contribution in [0.5, 0.6) is 0 Å². The highest BCUT2D eigenvalue weighted by molar-refractivity contribution is 5.92. The normalized spacial score (nSPS) is 15.8. The van der Waals surface area contributed by atoms with E-state index in [-0.39, 0.29) is 5.91 Å². The molecule has 0 saturated carbocycles. The van der Waals surface area contributed by atoms with Gasteiger partial charge in [-0.2, -0.15) is 0 Å². The Labute approximate surface area is 122 Å². The van der Waals surface area contributed by atoms with E-state index in [9.17, 15) is 4.79 Å². The Morgan fingerprint density at radius 2 is 2.20 bits per heavy atom. The second-order valence-corrected chi connectivity index (χ2v) is 5.60. The quantitative estimate of drug-likeness (QED) is 0.895. The number of nitrogens with zero attached hydrogens (tertiary/aromatic N) is 1. The smallest absolute Gasteiger partial charge is 0.223 e. The van der Waals surface area contributed by atoms with Gasteiger partial charge in [-0.05, 0) is 49.4 Å². The van der Waals surface area contributed by atoms with Gasteiger partial charge in [0.25, 0.3) is 0 Å². The fourth-order valence-electron chi connectivity index (χ4n) is 3.04. The summed E-state index contributed by atoms with van der Waals surface area (Å²) in [5, 5.41) is 3.52. The molecule has 1 N–H and O–H groups in total. The molecule has 1 atom stereocenters. The van der Waals surface area contributed by atoms with Gasteiger partial charge in [0, 0.05) is 25.2 Å². The highest BCUT2D eigenvalue weighted by atomic mass is 16.2. The summed E-state index contributed by atoms with van der Waals surface area (Å²) in [5.41, 5.74) is 3.82. The van der Waals surface area contributed by atoms with Gasteiger partial charge in [0.15, 0.2) is 0 Å². The van der Waals surface area contributed by atoms with E-state index in [4.69, 9.17) is 0 Å². The van der Waals surface area contributed by atoms with Gasteiger partial charge in [-0.25, -0.2) is 0 Å². The van der Waals surface area contributed by atoms with Gasteiger partial charge in [-0.3, -0.25) is 4.79 Å². The first-order chi connectivity index (χ1) is 9.65. The first-order valence-corrected chi connectivity index (χ1v) is 7.79. The molecule has 1 aliphatic rings. The molecule has 0 fully saturated rings. The molecule has 110 valence electrons. The molecule has 1 aliphatic heterocycles. The topological polar surface area (TPSA) is 32.3 Å². The minimum Gasteiger partial charge on any atom is -0.314 e. The minimum absolute atomic E-state index is 0.151. The number of likely N-dealkylation sites (N-methyl/N-ethyl adjacent to an activating group) is 1. The van der Waals surface area contributed by atoms with Gasteiger partial charge in [-0.1, -0.05) is 26.0 Å². The number of hydrogen-bond acceptors (Lipinski definition) is 2. The van der Waals surface area contributed by atoms with Crippen molar-refractivity contribution in [1.29, 1.82) is 0 Å². The summed E-state index contributed by atoms with van der Waals surface area (Å²) in [7, 11) is 0. The summed E-state index contributed by atoms with van der Waals surface area (Å²) in [4.78, 5) is 13.6. The van der Waals surface area contributed by atoms with E-state index in [1.807, 2.05) is 4.90 Å². The van der Waals surface area contributed by atoms with Crippen molar-refractivity contribution in [3.05, 3.63) is 29.3 Å². The van der Waals surface area contributed by atoms with Crippen LogP contribution in [0.4, 0.5) is 5.69 Å². The van der Waals surface area contributed by atoms with E-state index < -0.39 is 0 Å². The predicted octanol–water partition coefficient (Wildman–Crippen LogP) is 2.92. The molecule has 3 nitrogen and oxygen atoms in total. The Morgan fingerprint density at radius 3 is 2.85 bits per heavy atom. The Kier molecular flexibility index (Phi) is 5.18. The number of amides is 1. The van der Waals surface area contributed by atoms with Crippen molar-refractivity contribution in [3.8, 4) is 0 Å². The fourth-order valence-corrected chi connectivity index (χ4v) is 3.04. The lowest BCUT2D eigenvalue weighted by Crippen LogP contribution is -2.34. The molecule has 1 aromatic carbocycles. The monoisotopic (exact) mass is 274 g/mol. The molecule has 1 unspecified atom stereocenters. The van der Waals surface area contributed by atoms with Gasteiger partial charge < -0.3 is 10.2 Å². The fraction of sp³-hybridized carbons (Fsp3) is 0.588. The zero-order valence-electron chi connectivity index (χ0n) is 12.9. The number of aryl methyl sites for hydroxylation is 1. The number of hydrogen-bond donors (Lipinski definition) is 1. The molecule has 0 aromatic heterocycles. The van der Waals surface area contributed by atoms with Gasteiger partial charge >= 0.3 is 0 Å². The van der Waals surface area contributed by atoms with Gasteiger partial charge in [-0.15, -0.1) is 0 Å². The van der Waals surface area contributed by atoms with E-state index in [2.05, 4.69) is 37.4 Å². The lowest BCUT2D eigenvalue weighted by molar-refractivity contribution is -0.116. The number of nitrogens with one attached hydrogen (secondary N) is 1. The third-order valence-corrected chi connectivity index (χ3v) is 4.11. The molecule has 20 heavy (non-hydrogen) atoms. The zero-order chi connectivity index (χ0) is 14.5. The standard InChI is InChI=1S/C17H26N2O/c1-4-16(18-5-2)12-14-8-9-17-15(11-14)7-6-10-19(17)13(3)20/h8-9,11,16,18H,4-7,10,12H2,1-3H3. The molecular weight excluding hydrogens is 248 g/mol. The molecular formula is C17H26N2O. The summed E-state index contributed by atoms with van der Waals surface area (Å²) in [5.74, 6) is 0.151. The third kappa shape index (κ3) is 3.40. The summed E-state index contributed by atoms with van der Waals surface area (Å²) in [6.45, 7) is 7.91. The van der Waals surface area contributed by atoms with Crippen LogP contribution in [0.2, 0.25) is 0 Å². The molecule has 1 amide bonds. The maximum absolute atomic E-state index is 11.7. The number of anilines is 1. The summed E-state index contributed by atoms with van der Waals surface area (Å²) in [6, 6.07) is 7.15. The molecule has 0 aliphatic carbocycles. The highest BCUT2D eigenvalue weighted by Gasteiger charge is 2.20. The van der Waals surface area contributed by atoms with E-state index in [0.717, 1.165) is 44.5 Å². The summed E-state index contributed by atoms with van der Waals surface area (Å²) in [6.07, 6.45) is 4.37. The molecule has 0 spiro atoms. The molecule has 0 saturated heterocycles. The predicted molar refractivity (Wildman–Crippen MR) is 84.2 cm³/mol. The Morgan fingerprint density at radius 1 is 1.40 bits per heavy atom.